The van der Waals surface area contributed by atoms with Crippen LogP contribution in [0, 0.1) is 6.92 Å². The number of sulfonamides is 1. The molecule has 6 heteroatoms. The molecule has 124 valence electrons. The number of phenols is 1. The molecule has 4 nitrogen and oxygen atoms in total. The molecule has 0 bridgehead atoms. The Balaban J connectivity index is 2.04. The Morgan fingerprint density at radius 2 is 1.71 bits per heavy atom. The summed E-state index contributed by atoms with van der Waals surface area (Å²) in [5.74, 6) is 0.0345. The van der Waals surface area contributed by atoms with Crippen LogP contribution < -0.4 is 4.31 Å². The van der Waals surface area contributed by atoms with Gasteiger partial charge in [0, 0.05) is 7.05 Å². The Kier molecular flexibility index (Phi) is 4.34. The summed E-state index contributed by atoms with van der Waals surface area (Å²) in [7, 11) is -2.15. The van der Waals surface area contributed by atoms with Crippen LogP contribution in [0.15, 0.2) is 64.2 Å². The quantitative estimate of drug-likeness (QED) is 0.757. The zero-order valence-corrected chi connectivity index (χ0v) is 14.9. The molecule has 0 radical (unpaired) electrons. The number of benzene rings is 2. The molecule has 0 aliphatic heterocycles. The van der Waals surface area contributed by atoms with Gasteiger partial charge in [-0.1, -0.05) is 12.1 Å². The maximum absolute atomic E-state index is 12.8. The highest BCUT2D eigenvalue weighted by Gasteiger charge is 2.22. The molecule has 0 fully saturated rings. The molecule has 1 heterocycles. The highest BCUT2D eigenvalue weighted by Crippen LogP contribution is 2.31. The van der Waals surface area contributed by atoms with Crippen LogP contribution in [0.25, 0.3) is 11.1 Å². The Bertz CT molecular complexity index is 946. The molecule has 24 heavy (non-hydrogen) atoms. The van der Waals surface area contributed by atoms with Crippen molar-refractivity contribution in [3.8, 4) is 16.9 Å². The minimum Gasteiger partial charge on any atom is -0.508 e. The van der Waals surface area contributed by atoms with E-state index in [4.69, 9.17) is 0 Å². The zero-order chi connectivity index (χ0) is 17.3. The first-order valence-corrected chi connectivity index (χ1v) is 9.69. The number of rotatable bonds is 4. The minimum absolute atomic E-state index is 0.0345. The van der Waals surface area contributed by atoms with E-state index in [1.807, 2.05) is 41.9 Å². The second kappa shape index (κ2) is 6.30. The van der Waals surface area contributed by atoms with Crippen LogP contribution in [0.1, 0.15) is 5.56 Å². The zero-order valence-electron chi connectivity index (χ0n) is 13.3. The number of nitrogens with zero attached hydrogens (tertiary/aromatic N) is 1. The largest absolute Gasteiger partial charge is 0.508 e. The van der Waals surface area contributed by atoms with Crippen LogP contribution in [0.2, 0.25) is 0 Å². The first kappa shape index (κ1) is 16.5. The van der Waals surface area contributed by atoms with E-state index in [1.165, 1.54) is 28.6 Å². The van der Waals surface area contributed by atoms with Gasteiger partial charge in [0.15, 0.2) is 0 Å². The van der Waals surface area contributed by atoms with E-state index in [1.54, 1.807) is 18.4 Å². The van der Waals surface area contributed by atoms with E-state index < -0.39 is 10.0 Å². The Labute approximate surface area is 145 Å². The fourth-order valence-electron chi connectivity index (χ4n) is 2.46. The van der Waals surface area contributed by atoms with Crippen molar-refractivity contribution in [2.75, 3.05) is 11.4 Å². The van der Waals surface area contributed by atoms with Gasteiger partial charge < -0.3 is 5.11 Å². The first-order valence-electron chi connectivity index (χ1n) is 7.31. The molecule has 0 atom stereocenters. The van der Waals surface area contributed by atoms with Gasteiger partial charge in [-0.05, 0) is 70.8 Å². The van der Waals surface area contributed by atoms with E-state index in [-0.39, 0.29) is 10.6 Å². The van der Waals surface area contributed by atoms with E-state index in [2.05, 4.69) is 0 Å². The lowest BCUT2D eigenvalue weighted by atomic mass is 10.1. The summed E-state index contributed by atoms with van der Waals surface area (Å²) in [4.78, 5) is 0.142. The lowest BCUT2D eigenvalue weighted by Gasteiger charge is -2.22. The number of hydrogen-bond acceptors (Lipinski definition) is 4. The average molecular weight is 359 g/mol. The summed E-state index contributed by atoms with van der Waals surface area (Å²) in [5, 5.41) is 13.4. The van der Waals surface area contributed by atoms with Crippen LogP contribution in [-0.2, 0) is 10.0 Å². The molecular weight excluding hydrogens is 342 g/mol. The Morgan fingerprint density at radius 1 is 1.00 bits per heavy atom. The summed E-state index contributed by atoms with van der Waals surface area (Å²) >= 11 is 1.60. The Morgan fingerprint density at radius 3 is 2.33 bits per heavy atom. The second-order valence-electron chi connectivity index (χ2n) is 5.48. The molecule has 3 aromatic rings. The lowest BCUT2D eigenvalue weighted by Crippen LogP contribution is -2.27. The van der Waals surface area contributed by atoms with Gasteiger partial charge in [-0.3, -0.25) is 4.31 Å². The SMILES string of the molecule is Cc1ccc(-c2ccsc2)cc1N(C)S(=O)(=O)c1ccc(O)cc1. The summed E-state index contributed by atoms with van der Waals surface area (Å²) in [6.07, 6.45) is 0. The minimum atomic E-state index is -3.69. The second-order valence-corrected chi connectivity index (χ2v) is 8.23. The summed E-state index contributed by atoms with van der Waals surface area (Å²) in [5.41, 5.74) is 3.55. The number of hydrogen-bond donors (Lipinski definition) is 1. The van der Waals surface area contributed by atoms with Crippen LogP contribution in [0.3, 0.4) is 0 Å². The van der Waals surface area contributed by atoms with E-state index >= 15 is 0 Å². The smallest absolute Gasteiger partial charge is 0.264 e. The van der Waals surface area contributed by atoms with E-state index in [0.29, 0.717) is 5.69 Å². The fraction of sp³-hybridized carbons (Fsp3) is 0.111. The van der Waals surface area contributed by atoms with Gasteiger partial charge in [-0.2, -0.15) is 11.3 Å². The van der Waals surface area contributed by atoms with Gasteiger partial charge in [0.2, 0.25) is 0 Å². The van der Waals surface area contributed by atoms with Crippen LogP contribution >= 0.6 is 11.3 Å². The lowest BCUT2D eigenvalue weighted by molar-refractivity contribution is 0.475. The molecule has 3 rings (SSSR count). The fourth-order valence-corrected chi connectivity index (χ4v) is 4.38. The Hall–Kier alpha value is -2.31. The van der Waals surface area contributed by atoms with Crippen LogP contribution in [0.4, 0.5) is 5.69 Å². The summed E-state index contributed by atoms with van der Waals surface area (Å²) in [6.45, 7) is 1.88. The van der Waals surface area contributed by atoms with Gasteiger partial charge in [-0.25, -0.2) is 8.42 Å². The van der Waals surface area contributed by atoms with Gasteiger partial charge in [0.25, 0.3) is 10.0 Å². The van der Waals surface area contributed by atoms with Crippen molar-refractivity contribution in [3.63, 3.8) is 0 Å². The summed E-state index contributed by atoms with van der Waals surface area (Å²) in [6, 6.07) is 13.3. The average Bonchev–Trinajstić information content (AvgIpc) is 3.09. The molecule has 0 saturated heterocycles. The molecule has 0 amide bonds. The predicted molar refractivity (Wildman–Crippen MR) is 98.2 cm³/mol. The van der Waals surface area contributed by atoms with Crippen molar-refractivity contribution in [3.05, 3.63) is 64.9 Å². The van der Waals surface area contributed by atoms with Gasteiger partial charge >= 0.3 is 0 Å². The van der Waals surface area contributed by atoms with Crippen molar-refractivity contribution in [2.24, 2.45) is 0 Å². The van der Waals surface area contributed by atoms with Crippen molar-refractivity contribution in [1.29, 1.82) is 0 Å². The van der Waals surface area contributed by atoms with Gasteiger partial charge in [0.1, 0.15) is 5.75 Å². The third-order valence-corrected chi connectivity index (χ3v) is 6.37. The van der Waals surface area contributed by atoms with E-state index in [0.717, 1.165) is 16.7 Å². The molecule has 1 N–H and O–H groups in total. The van der Waals surface area contributed by atoms with Crippen molar-refractivity contribution >= 4 is 27.0 Å². The third kappa shape index (κ3) is 3.02. The molecule has 0 saturated carbocycles. The molecule has 0 unspecified atom stereocenters. The van der Waals surface area contributed by atoms with Crippen molar-refractivity contribution < 1.29 is 13.5 Å². The first-order chi connectivity index (χ1) is 11.4. The summed E-state index contributed by atoms with van der Waals surface area (Å²) < 4.78 is 27.0. The van der Waals surface area contributed by atoms with Crippen LogP contribution in [-0.4, -0.2) is 20.6 Å². The number of aromatic hydroxyl groups is 1. The van der Waals surface area contributed by atoms with Gasteiger partial charge in [0.05, 0.1) is 10.6 Å². The molecule has 0 aliphatic rings. The maximum atomic E-state index is 12.8. The van der Waals surface area contributed by atoms with Crippen molar-refractivity contribution in [1.82, 2.24) is 0 Å². The van der Waals surface area contributed by atoms with Crippen molar-refractivity contribution in [2.45, 2.75) is 11.8 Å². The van der Waals surface area contributed by atoms with Crippen LogP contribution in [0.5, 0.6) is 5.75 Å². The highest BCUT2D eigenvalue weighted by molar-refractivity contribution is 7.92. The molecule has 0 aliphatic carbocycles. The topological polar surface area (TPSA) is 57.6 Å². The number of thiophene rings is 1. The molecule has 0 spiro atoms. The number of aryl methyl sites for hydroxylation is 1. The van der Waals surface area contributed by atoms with E-state index in [9.17, 15) is 13.5 Å². The highest BCUT2D eigenvalue weighted by atomic mass is 32.2. The number of anilines is 1. The predicted octanol–water partition coefficient (Wildman–Crippen LogP) is 4.25. The molecule has 1 aromatic heterocycles. The molecule has 2 aromatic carbocycles. The maximum Gasteiger partial charge on any atom is 0.264 e. The standard InChI is InChI=1S/C18H17NO3S2/c1-13-3-4-14(15-9-10-23-12-15)11-18(13)19(2)24(21,22)17-7-5-16(20)6-8-17/h3-12,20H,1-2H3. The molecular formula is C18H17NO3S2. The number of phenolic OH excluding ortho intramolecular Hbond substituents is 1. The normalized spacial score (nSPS) is 11.4. The monoisotopic (exact) mass is 359 g/mol. The van der Waals surface area contributed by atoms with Gasteiger partial charge in [-0.15, -0.1) is 0 Å². The third-order valence-electron chi connectivity index (χ3n) is 3.90.